The second-order valence-electron chi connectivity index (χ2n) is 7.84. The molecule has 2 amide bonds. The quantitative estimate of drug-likeness (QED) is 0.740. The molecule has 0 radical (unpaired) electrons. The molecule has 0 unspecified atom stereocenters. The van der Waals surface area contributed by atoms with Gasteiger partial charge in [-0.3, -0.25) is 9.59 Å². The first kappa shape index (κ1) is 18.8. The average molecular weight is 393 g/mol. The molecule has 28 heavy (non-hydrogen) atoms. The van der Waals surface area contributed by atoms with E-state index in [9.17, 15) is 9.59 Å². The number of hydrogen-bond donors (Lipinski definition) is 1. The lowest BCUT2D eigenvalue weighted by atomic mass is 9.91. The first-order valence-corrected chi connectivity index (χ1v) is 10.5. The fourth-order valence-corrected chi connectivity index (χ4v) is 4.94. The lowest BCUT2D eigenvalue weighted by Crippen LogP contribution is -2.42. The number of hydrogen-bond acceptors (Lipinski definition) is 3. The van der Waals surface area contributed by atoms with E-state index in [1.54, 1.807) is 0 Å². The van der Waals surface area contributed by atoms with Crippen LogP contribution in [0.5, 0.6) is 0 Å². The summed E-state index contributed by atoms with van der Waals surface area (Å²) in [4.78, 5) is 28.8. The van der Waals surface area contributed by atoms with Crippen LogP contribution in [0, 0.1) is 11.8 Å². The van der Waals surface area contributed by atoms with Gasteiger partial charge in [0.25, 0.3) is 11.8 Å². The molecule has 144 valence electrons. The molecule has 1 saturated heterocycles. The van der Waals surface area contributed by atoms with Gasteiger partial charge in [-0.15, -0.1) is 0 Å². The smallest absolute Gasteiger partial charge is 0.262 e. The van der Waals surface area contributed by atoms with Crippen molar-refractivity contribution in [1.29, 1.82) is 0 Å². The fraction of sp³-hybridized carbons (Fsp3) is 0.304. The SMILES string of the molecule is C[C@H]1C[C@H](C)CN(C(=O)c2ccc(/C=C3/Sc4ccccc4NC3=O)cc2)C1. The summed E-state index contributed by atoms with van der Waals surface area (Å²) in [6.45, 7) is 6.06. The molecule has 1 fully saturated rings. The number of anilines is 1. The van der Waals surface area contributed by atoms with E-state index in [4.69, 9.17) is 0 Å². The molecule has 0 aliphatic carbocycles. The van der Waals surface area contributed by atoms with Gasteiger partial charge in [0.2, 0.25) is 0 Å². The average Bonchev–Trinajstić information content (AvgIpc) is 2.68. The van der Waals surface area contributed by atoms with E-state index in [0.717, 1.165) is 29.2 Å². The minimum absolute atomic E-state index is 0.0938. The molecule has 4 rings (SSSR count). The molecule has 0 saturated carbocycles. The van der Waals surface area contributed by atoms with Gasteiger partial charge in [-0.25, -0.2) is 0 Å². The standard InChI is InChI=1S/C23H24N2O2S/c1-15-11-16(2)14-25(13-15)23(27)18-9-7-17(8-10-18)12-21-22(26)24-19-5-3-4-6-20(19)28-21/h3-10,12,15-16H,11,13-14H2,1-2H3,(H,24,26)/b21-12+/t15-,16-/m0/s1. The van der Waals surface area contributed by atoms with E-state index in [2.05, 4.69) is 19.2 Å². The van der Waals surface area contributed by atoms with E-state index in [0.29, 0.717) is 22.3 Å². The summed E-state index contributed by atoms with van der Waals surface area (Å²) in [5, 5.41) is 2.92. The molecule has 0 spiro atoms. The first-order chi connectivity index (χ1) is 13.5. The third-order valence-electron chi connectivity index (χ3n) is 5.19. The van der Waals surface area contributed by atoms with E-state index in [1.807, 2.05) is 59.5 Å². The van der Waals surface area contributed by atoms with Crippen molar-refractivity contribution in [1.82, 2.24) is 4.90 Å². The number of rotatable bonds is 2. The number of carbonyl (C=O) groups excluding carboxylic acids is 2. The van der Waals surface area contributed by atoms with Crippen LogP contribution in [0.15, 0.2) is 58.3 Å². The zero-order valence-electron chi connectivity index (χ0n) is 16.1. The van der Waals surface area contributed by atoms with Crippen LogP contribution in [0.25, 0.3) is 6.08 Å². The molecule has 0 bridgehead atoms. The maximum atomic E-state index is 12.8. The first-order valence-electron chi connectivity index (χ1n) is 9.69. The molecule has 2 aliphatic heterocycles. The molecular weight excluding hydrogens is 368 g/mol. The van der Waals surface area contributed by atoms with Crippen LogP contribution in [0.1, 0.15) is 36.2 Å². The zero-order valence-corrected chi connectivity index (χ0v) is 17.0. The van der Waals surface area contributed by atoms with Gasteiger partial charge >= 0.3 is 0 Å². The number of nitrogens with zero attached hydrogens (tertiary/aromatic N) is 1. The monoisotopic (exact) mass is 392 g/mol. The normalized spacial score (nSPS) is 23.3. The summed E-state index contributed by atoms with van der Waals surface area (Å²) >= 11 is 1.47. The number of para-hydroxylation sites is 1. The highest BCUT2D eigenvalue weighted by Gasteiger charge is 2.26. The Hall–Kier alpha value is -2.53. The van der Waals surface area contributed by atoms with Crippen molar-refractivity contribution in [2.24, 2.45) is 11.8 Å². The summed E-state index contributed by atoms with van der Waals surface area (Å²) in [6.07, 6.45) is 3.05. The number of amides is 2. The summed E-state index contributed by atoms with van der Waals surface area (Å²) in [5.74, 6) is 1.08. The van der Waals surface area contributed by atoms with Gasteiger partial charge in [0.1, 0.15) is 0 Å². The Kier molecular flexibility index (Phi) is 5.27. The largest absolute Gasteiger partial charge is 0.338 e. The molecule has 2 aromatic carbocycles. The summed E-state index contributed by atoms with van der Waals surface area (Å²) in [7, 11) is 0. The van der Waals surface area contributed by atoms with E-state index < -0.39 is 0 Å². The number of nitrogens with one attached hydrogen (secondary N) is 1. The predicted molar refractivity (Wildman–Crippen MR) is 114 cm³/mol. The molecule has 5 heteroatoms. The molecule has 4 nitrogen and oxygen atoms in total. The number of benzene rings is 2. The molecule has 1 N–H and O–H groups in total. The van der Waals surface area contributed by atoms with Gasteiger partial charge < -0.3 is 10.2 Å². The van der Waals surface area contributed by atoms with Crippen molar-refractivity contribution in [3.05, 3.63) is 64.6 Å². The van der Waals surface area contributed by atoms with Crippen LogP contribution in [-0.4, -0.2) is 29.8 Å². The van der Waals surface area contributed by atoms with Crippen LogP contribution in [0.2, 0.25) is 0 Å². The Balaban J connectivity index is 1.50. The number of likely N-dealkylation sites (tertiary alicyclic amines) is 1. The third kappa shape index (κ3) is 3.99. The van der Waals surface area contributed by atoms with Gasteiger partial charge in [-0.1, -0.05) is 49.9 Å². The second kappa shape index (κ2) is 7.84. The van der Waals surface area contributed by atoms with E-state index in [1.165, 1.54) is 18.2 Å². The van der Waals surface area contributed by atoms with E-state index >= 15 is 0 Å². The highest BCUT2D eigenvalue weighted by molar-refractivity contribution is 8.04. The number of thioether (sulfide) groups is 1. The van der Waals surface area contributed by atoms with Crippen molar-refractivity contribution in [3.63, 3.8) is 0 Å². The van der Waals surface area contributed by atoms with Crippen molar-refractivity contribution < 1.29 is 9.59 Å². The highest BCUT2D eigenvalue weighted by Crippen LogP contribution is 2.38. The Morgan fingerprint density at radius 2 is 1.75 bits per heavy atom. The van der Waals surface area contributed by atoms with Crippen LogP contribution in [0.4, 0.5) is 5.69 Å². The van der Waals surface area contributed by atoms with Gasteiger partial charge in [0.05, 0.1) is 10.6 Å². The van der Waals surface area contributed by atoms with Crippen molar-refractivity contribution in [2.45, 2.75) is 25.2 Å². The maximum absolute atomic E-state index is 12.8. The predicted octanol–water partition coefficient (Wildman–Crippen LogP) is 4.89. The van der Waals surface area contributed by atoms with Crippen molar-refractivity contribution in [3.8, 4) is 0 Å². The summed E-state index contributed by atoms with van der Waals surface area (Å²) < 4.78 is 0. The van der Waals surface area contributed by atoms with Gasteiger partial charge in [0.15, 0.2) is 0 Å². The van der Waals surface area contributed by atoms with Crippen LogP contribution in [0.3, 0.4) is 0 Å². The van der Waals surface area contributed by atoms with Crippen molar-refractivity contribution >= 4 is 35.3 Å². The Bertz CT molecular complexity index is 926. The number of piperidine rings is 1. The molecule has 2 heterocycles. The van der Waals surface area contributed by atoms with Crippen molar-refractivity contribution in [2.75, 3.05) is 18.4 Å². The fourth-order valence-electron chi connectivity index (χ4n) is 3.99. The molecule has 0 aromatic heterocycles. The highest BCUT2D eigenvalue weighted by atomic mass is 32.2. The van der Waals surface area contributed by atoms with Crippen LogP contribution >= 0.6 is 11.8 Å². The number of carbonyl (C=O) groups is 2. The summed E-state index contributed by atoms with van der Waals surface area (Å²) in [6, 6.07) is 15.3. The van der Waals surface area contributed by atoms with Crippen LogP contribution < -0.4 is 5.32 Å². The Morgan fingerprint density at radius 3 is 2.46 bits per heavy atom. The lowest BCUT2D eigenvalue weighted by molar-refractivity contribution is -0.112. The molecule has 2 aliphatic rings. The molecule has 2 aromatic rings. The second-order valence-corrected chi connectivity index (χ2v) is 8.92. The topological polar surface area (TPSA) is 49.4 Å². The Labute approximate surface area is 170 Å². The third-order valence-corrected chi connectivity index (χ3v) is 6.29. The van der Waals surface area contributed by atoms with Crippen LogP contribution in [-0.2, 0) is 4.79 Å². The molecular formula is C23H24N2O2S. The lowest BCUT2D eigenvalue weighted by Gasteiger charge is -2.35. The maximum Gasteiger partial charge on any atom is 0.262 e. The minimum Gasteiger partial charge on any atom is -0.338 e. The summed E-state index contributed by atoms with van der Waals surface area (Å²) in [5.41, 5.74) is 2.46. The zero-order chi connectivity index (χ0) is 19.7. The Morgan fingerprint density at radius 1 is 1.07 bits per heavy atom. The molecule has 2 atom stereocenters. The van der Waals surface area contributed by atoms with Gasteiger partial charge in [0, 0.05) is 23.5 Å². The number of fused-ring (bicyclic) bond motifs is 1. The van der Waals surface area contributed by atoms with E-state index in [-0.39, 0.29) is 11.8 Å². The van der Waals surface area contributed by atoms with Gasteiger partial charge in [-0.2, -0.15) is 0 Å². The minimum atomic E-state index is -0.0971. The van der Waals surface area contributed by atoms with Gasteiger partial charge in [-0.05, 0) is 54.2 Å².